The van der Waals surface area contributed by atoms with Crippen molar-refractivity contribution in [2.75, 3.05) is 32.8 Å². The van der Waals surface area contributed by atoms with Gasteiger partial charge in [-0.05, 0) is 18.4 Å². The normalized spacial score (nSPS) is 17.8. The molecule has 1 fully saturated rings. The monoisotopic (exact) mass is 369 g/mol. The van der Waals surface area contributed by atoms with E-state index in [9.17, 15) is 4.79 Å². The zero-order valence-electron chi connectivity index (χ0n) is 15.8. The van der Waals surface area contributed by atoms with Crippen molar-refractivity contribution in [3.63, 3.8) is 0 Å². The van der Waals surface area contributed by atoms with Crippen LogP contribution in [0.5, 0.6) is 0 Å². The van der Waals surface area contributed by atoms with Crippen molar-refractivity contribution in [2.45, 2.75) is 26.4 Å². The Morgan fingerprint density at radius 1 is 1.26 bits per heavy atom. The van der Waals surface area contributed by atoms with Crippen LogP contribution in [0.2, 0.25) is 0 Å². The highest BCUT2D eigenvalue weighted by molar-refractivity contribution is 5.89. The zero-order chi connectivity index (χ0) is 18.6. The molecular formula is C20H27N5O2. The third-order valence-electron chi connectivity index (χ3n) is 5.28. The maximum atomic E-state index is 12.5. The van der Waals surface area contributed by atoms with Crippen LogP contribution in [0.15, 0.2) is 30.3 Å². The Morgan fingerprint density at radius 3 is 2.78 bits per heavy atom. The van der Waals surface area contributed by atoms with Crippen molar-refractivity contribution in [2.24, 2.45) is 5.92 Å². The number of ether oxygens (including phenoxy) is 1. The van der Waals surface area contributed by atoms with Gasteiger partial charge >= 0.3 is 5.97 Å². The fraction of sp³-hybridized carbons (Fsp3) is 0.500. The Kier molecular flexibility index (Phi) is 5.52. The summed E-state index contributed by atoms with van der Waals surface area (Å²) in [6, 6.07) is 10.3. The van der Waals surface area contributed by atoms with Crippen LogP contribution >= 0.6 is 0 Å². The third kappa shape index (κ3) is 4.05. The number of rotatable bonds is 6. The lowest BCUT2D eigenvalue weighted by atomic mass is 10.0. The molecular weight excluding hydrogens is 342 g/mol. The number of benzene rings is 1. The predicted octanol–water partition coefficient (Wildman–Crippen LogP) is 1.19. The summed E-state index contributed by atoms with van der Waals surface area (Å²) in [5.74, 6) is 0.281. The summed E-state index contributed by atoms with van der Waals surface area (Å²) in [5, 5.41) is 4.66. The van der Waals surface area contributed by atoms with Gasteiger partial charge in [-0.3, -0.25) is 20.4 Å². The summed E-state index contributed by atoms with van der Waals surface area (Å²) < 4.78 is 7.27. The molecule has 4 rings (SSSR count). The molecule has 2 aromatic rings. The summed E-state index contributed by atoms with van der Waals surface area (Å²) in [6.45, 7) is 7.62. The second kappa shape index (κ2) is 8.21. The van der Waals surface area contributed by atoms with Crippen molar-refractivity contribution in [1.29, 1.82) is 0 Å². The summed E-state index contributed by atoms with van der Waals surface area (Å²) >= 11 is 0. The summed E-state index contributed by atoms with van der Waals surface area (Å²) in [6.07, 6.45) is 0.905. The lowest BCUT2D eigenvalue weighted by Gasteiger charge is -2.29. The largest absolute Gasteiger partial charge is 0.461 e. The lowest BCUT2D eigenvalue weighted by molar-refractivity contribution is 0.0515. The van der Waals surface area contributed by atoms with Crippen LogP contribution < -0.4 is 10.9 Å². The van der Waals surface area contributed by atoms with Crippen molar-refractivity contribution in [3.8, 4) is 0 Å². The van der Waals surface area contributed by atoms with Gasteiger partial charge in [0.1, 0.15) is 0 Å². The molecule has 2 aliphatic rings. The number of nitrogens with one attached hydrogen (secondary N) is 2. The molecule has 0 amide bonds. The van der Waals surface area contributed by atoms with Gasteiger partial charge in [0.25, 0.3) is 0 Å². The number of hydrazine groups is 1. The molecule has 7 heteroatoms. The van der Waals surface area contributed by atoms with Crippen molar-refractivity contribution < 1.29 is 9.53 Å². The van der Waals surface area contributed by atoms with Gasteiger partial charge < -0.3 is 4.74 Å². The molecule has 1 aromatic carbocycles. The molecule has 0 saturated carbocycles. The van der Waals surface area contributed by atoms with Gasteiger partial charge in [-0.15, -0.1) is 0 Å². The Morgan fingerprint density at radius 2 is 2.04 bits per heavy atom. The maximum absolute atomic E-state index is 12.5. The molecule has 1 saturated heterocycles. The summed E-state index contributed by atoms with van der Waals surface area (Å²) in [4.78, 5) is 14.9. The molecule has 1 aromatic heterocycles. The molecule has 2 aliphatic heterocycles. The number of hydrogen-bond donors (Lipinski definition) is 2. The molecule has 0 radical (unpaired) electrons. The fourth-order valence-electron chi connectivity index (χ4n) is 3.95. The Labute approximate surface area is 159 Å². The van der Waals surface area contributed by atoms with Crippen molar-refractivity contribution >= 4 is 5.97 Å². The first-order valence-corrected chi connectivity index (χ1v) is 9.72. The number of carbonyl (C=O) groups excluding carboxylic acids is 1. The average molecular weight is 369 g/mol. The second-order valence-corrected chi connectivity index (χ2v) is 7.25. The number of hydrogen-bond acceptors (Lipinski definition) is 6. The van der Waals surface area contributed by atoms with E-state index in [4.69, 9.17) is 4.74 Å². The van der Waals surface area contributed by atoms with E-state index in [1.165, 1.54) is 11.3 Å². The topological polar surface area (TPSA) is 71.4 Å². The van der Waals surface area contributed by atoms with E-state index in [0.29, 0.717) is 24.8 Å². The minimum absolute atomic E-state index is 0.313. The standard InChI is InChI=1S/C20H27N5O2/c1-2-27-20(26)19-17-14-24(12-16-10-21-22-11-16)9-8-18(17)25(23-19)13-15-6-4-3-5-7-15/h3-7,16,21-22H,2,8-14H2,1H3. The smallest absolute Gasteiger partial charge is 0.359 e. The zero-order valence-corrected chi connectivity index (χ0v) is 15.8. The van der Waals surface area contributed by atoms with Crippen LogP contribution in [0.4, 0.5) is 0 Å². The van der Waals surface area contributed by atoms with E-state index >= 15 is 0 Å². The first-order valence-electron chi connectivity index (χ1n) is 9.72. The number of aromatic nitrogens is 2. The number of carbonyl (C=O) groups is 1. The van der Waals surface area contributed by atoms with Crippen LogP contribution in [0.1, 0.15) is 34.2 Å². The fourth-order valence-corrected chi connectivity index (χ4v) is 3.95. The quantitative estimate of drug-likeness (QED) is 0.746. The highest BCUT2D eigenvalue weighted by Crippen LogP contribution is 2.25. The predicted molar refractivity (Wildman–Crippen MR) is 102 cm³/mol. The SMILES string of the molecule is CCOC(=O)c1nn(Cc2ccccc2)c2c1CN(CC1CNNC1)CC2. The Hall–Kier alpha value is -2.22. The Bertz CT molecular complexity index is 783. The minimum atomic E-state index is -0.313. The van der Waals surface area contributed by atoms with Crippen LogP contribution in [-0.2, 0) is 24.2 Å². The van der Waals surface area contributed by atoms with Crippen LogP contribution in [-0.4, -0.2) is 53.4 Å². The summed E-state index contributed by atoms with van der Waals surface area (Å²) in [5.41, 5.74) is 10.3. The van der Waals surface area contributed by atoms with Crippen LogP contribution in [0.25, 0.3) is 0 Å². The van der Waals surface area contributed by atoms with E-state index in [1.54, 1.807) is 0 Å². The van der Waals surface area contributed by atoms with E-state index < -0.39 is 0 Å². The molecule has 3 heterocycles. The van der Waals surface area contributed by atoms with E-state index in [-0.39, 0.29) is 5.97 Å². The van der Waals surface area contributed by atoms with Gasteiger partial charge in [0.05, 0.1) is 13.2 Å². The first kappa shape index (κ1) is 18.2. The van der Waals surface area contributed by atoms with Crippen LogP contribution in [0.3, 0.4) is 0 Å². The molecule has 27 heavy (non-hydrogen) atoms. The van der Waals surface area contributed by atoms with Gasteiger partial charge in [0.2, 0.25) is 0 Å². The molecule has 0 aliphatic carbocycles. The molecule has 7 nitrogen and oxygen atoms in total. The molecule has 0 atom stereocenters. The van der Waals surface area contributed by atoms with Crippen molar-refractivity contribution in [3.05, 3.63) is 52.8 Å². The lowest BCUT2D eigenvalue weighted by Crippen LogP contribution is -2.36. The minimum Gasteiger partial charge on any atom is -0.461 e. The van der Waals surface area contributed by atoms with Gasteiger partial charge in [-0.2, -0.15) is 5.10 Å². The molecule has 2 N–H and O–H groups in total. The highest BCUT2D eigenvalue weighted by Gasteiger charge is 2.30. The number of fused-ring (bicyclic) bond motifs is 1. The summed E-state index contributed by atoms with van der Waals surface area (Å²) in [7, 11) is 0. The molecule has 0 unspecified atom stereocenters. The van der Waals surface area contributed by atoms with Gasteiger partial charge in [-0.25, -0.2) is 4.79 Å². The number of nitrogens with zero attached hydrogens (tertiary/aromatic N) is 3. The molecule has 0 bridgehead atoms. The third-order valence-corrected chi connectivity index (χ3v) is 5.28. The second-order valence-electron chi connectivity index (χ2n) is 7.25. The maximum Gasteiger partial charge on any atom is 0.359 e. The van der Waals surface area contributed by atoms with Crippen molar-refractivity contribution in [1.82, 2.24) is 25.5 Å². The Balaban J connectivity index is 1.58. The van der Waals surface area contributed by atoms with E-state index in [0.717, 1.165) is 44.7 Å². The van der Waals surface area contributed by atoms with E-state index in [1.807, 2.05) is 29.8 Å². The van der Waals surface area contributed by atoms with E-state index in [2.05, 4.69) is 33.0 Å². The average Bonchev–Trinajstić information content (AvgIpc) is 3.31. The molecule has 0 spiro atoms. The highest BCUT2D eigenvalue weighted by atomic mass is 16.5. The molecule has 144 valence electrons. The first-order chi connectivity index (χ1) is 13.2. The van der Waals surface area contributed by atoms with Gasteiger partial charge in [-0.1, -0.05) is 30.3 Å². The van der Waals surface area contributed by atoms with Gasteiger partial charge in [0, 0.05) is 50.4 Å². The van der Waals surface area contributed by atoms with Gasteiger partial charge in [0.15, 0.2) is 5.69 Å². The number of esters is 1. The van der Waals surface area contributed by atoms with Crippen LogP contribution in [0, 0.1) is 5.92 Å².